The van der Waals surface area contributed by atoms with Crippen molar-refractivity contribution in [3.8, 4) is 0 Å². The van der Waals surface area contributed by atoms with Gasteiger partial charge in [-0.05, 0) is 32.3 Å². The third kappa shape index (κ3) is 4.17. The summed E-state index contributed by atoms with van der Waals surface area (Å²) >= 11 is 1.61. The molecule has 1 N–H and O–H groups in total. The van der Waals surface area contributed by atoms with Crippen LogP contribution in [0.3, 0.4) is 0 Å². The van der Waals surface area contributed by atoms with E-state index in [0.29, 0.717) is 19.6 Å². The van der Waals surface area contributed by atoms with Gasteiger partial charge in [0, 0.05) is 30.4 Å². The standard InChI is InChI=1S/C31H39N3O4S/c1-21(20-35)34-26-29(38)33(23-13-7-4-8-14-23)18-10-16-31(26)25(28(34)37)24-27(36)32(17-9-15-30(24,2)39-31)19-22-11-5-3-6-12-22/h3,5-6,9-12,15-16,21,23-26,35H,4,7-8,13-14,17-20H2,1-2H3/t21-,24+,25+,26?,30-,31+/m1/s1. The van der Waals surface area contributed by atoms with Crippen molar-refractivity contribution < 1.29 is 19.5 Å². The lowest BCUT2D eigenvalue weighted by Gasteiger charge is -2.41. The Bertz CT molecular complexity index is 1200. The van der Waals surface area contributed by atoms with Crippen LogP contribution in [0.5, 0.6) is 0 Å². The van der Waals surface area contributed by atoms with Crippen LogP contribution in [0, 0.1) is 11.8 Å². The lowest BCUT2D eigenvalue weighted by Crippen LogP contribution is -2.57. The number of hydrogen-bond acceptors (Lipinski definition) is 5. The van der Waals surface area contributed by atoms with Gasteiger partial charge in [-0.2, -0.15) is 0 Å². The molecule has 6 rings (SSSR count). The molecule has 1 unspecified atom stereocenters. The van der Waals surface area contributed by atoms with Crippen LogP contribution in [0.1, 0.15) is 51.5 Å². The number of benzene rings is 1. The molecule has 7 nitrogen and oxygen atoms in total. The molecule has 1 aromatic carbocycles. The van der Waals surface area contributed by atoms with Gasteiger partial charge in [-0.3, -0.25) is 14.4 Å². The Kier molecular flexibility index (Phi) is 6.91. The Balaban J connectivity index is 1.42. The Morgan fingerprint density at radius 1 is 0.949 bits per heavy atom. The minimum atomic E-state index is -0.865. The van der Waals surface area contributed by atoms with Crippen molar-refractivity contribution in [1.29, 1.82) is 0 Å². The van der Waals surface area contributed by atoms with Gasteiger partial charge in [0.1, 0.15) is 6.04 Å². The highest BCUT2D eigenvalue weighted by atomic mass is 32.2. The topological polar surface area (TPSA) is 81.2 Å². The monoisotopic (exact) mass is 549 g/mol. The molecule has 0 aromatic heterocycles. The molecule has 6 atom stereocenters. The van der Waals surface area contributed by atoms with E-state index < -0.39 is 33.4 Å². The van der Waals surface area contributed by atoms with Crippen LogP contribution in [0.15, 0.2) is 54.6 Å². The number of amides is 3. The number of fused-ring (bicyclic) bond motifs is 2. The van der Waals surface area contributed by atoms with E-state index in [9.17, 15) is 19.5 Å². The van der Waals surface area contributed by atoms with E-state index in [1.165, 1.54) is 6.42 Å². The summed E-state index contributed by atoms with van der Waals surface area (Å²) in [5.74, 6) is -1.54. The van der Waals surface area contributed by atoms with Gasteiger partial charge >= 0.3 is 0 Å². The van der Waals surface area contributed by atoms with E-state index >= 15 is 0 Å². The molecule has 39 heavy (non-hydrogen) atoms. The molecule has 1 saturated carbocycles. The Hall–Kier alpha value is -2.58. The quantitative estimate of drug-likeness (QED) is 0.570. The molecule has 1 spiro atoms. The second-order valence-electron chi connectivity index (χ2n) is 12.1. The number of carbonyl (C=O) groups excluding carboxylic acids is 3. The number of likely N-dealkylation sites (tertiary alicyclic amines) is 1. The zero-order chi connectivity index (χ0) is 27.4. The first-order valence-electron chi connectivity index (χ1n) is 14.4. The number of aliphatic hydroxyl groups is 1. The molecule has 2 saturated heterocycles. The predicted octanol–water partition coefficient (Wildman–Crippen LogP) is 3.38. The summed E-state index contributed by atoms with van der Waals surface area (Å²) in [6.07, 6.45) is 13.7. The van der Waals surface area contributed by atoms with Crippen LogP contribution < -0.4 is 0 Å². The van der Waals surface area contributed by atoms with Gasteiger partial charge in [0.15, 0.2) is 0 Å². The normalized spacial score (nSPS) is 35.5. The maximum Gasteiger partial charge on any atom is 0.247 e. The average molecular weight is 550 g/mol. The third-order valence-corrected chi connectivity index (χ3v) is 11.4. The van der Waals surface area contributed by atoms with E-state index in [1.54, 1.807) is 23.6 Å². The van der Waals surface area contributed by atoms with Gasteiger partial charge < -0.3 is 19.8 Å². The molecular weight excluding hydrogens is 510 g/mol. The first-order valence-corrected chi connectivity index (χ1v) is 15.2. The highest BCUT2D eigenvalue weighted by Crippen LogP contribution is 2.66. The molecule has 4 heterocycles. The number of hydrogen-bond donors (Lipinski definition) is 1. The summed E-state index contributed by atoms with van der Waals surface area (Å²) in [4.78, 5) is 48.7. The Labute approximate surface area is 235 Å². The van der Waals surface area contributed by atoms with Crippen molar-refractivity contribution in [2.24, 2.45) is 11.8 Å². The van der Waals surface area contributed by atoms with Gasteiger partial charge in [0.25, 0.3) is 0 Å². The summed E-state index contributed by atoms with van der Waals surface area (Å²) in [5.41, 5.74) is 1.04. The summed E-state index contributed by atoms with van der Waals surface area (Å²) in [5, 5.41) is 10.2. The van der Waals surface area contributed by atoms with Crippen LogP contribution in [-0.4, -0.2) is 84.8 Å². The highest BCUT2D eigenvalue weighted by Gasteiger charge is 2.74. The fourth-order valence-electron chi connectivity index (χ4n) is 7.76. The van der Waals surface area contributed by atoms with E-state index in [-0.39, 0.29) is 30.4 Å². The molecule has 208 valence electrons. The lowest BCUT2D eigenvalue weighted by atomic mass is 9.74. The van der Waals surface area contributed by atoms with Crippen molar-refractivity contribution in [1.82, 2.24) is 14.7 Å². The van der Waals surface area contributed by atoms with Crippen molar-refractivity contribution >= 4 is 29.5 Å². The van der Waals surface area contributed by atoms with Gasteiger partial charge in [-0.15, -0.1) is 11.8 Å². The SMILES string of the molecule is C[C@H](CO)N1C(=O)[C@@H]2[C@H]3C(=O)N(Cc4ccccc4)CC=C[C@@]3(C)S[C@@]23C=CCN(C2CCCCC2)C(=O)C13. The fraction of sp³-hybridized carbons (Fsp3) is 0.581. The van der Waals surface area contributed by atoms with Crippen LogP contribution in [0.4, 0.5) is 0 Å². The molecule has 8 heteroatoms. The lowest BCUT2D eigenvalue weighted by molar-refractivity contribution is -0.148. The molecule has 3 fully saturated rings. The predicted molar refractivity (Wildman–Crippen MR) is 152 cm³/mol. The van der Waals surface area contributed by atoms with Gasteiger partial charge in [0.2, 0.25) is 17.7 Å². The zero-order valence-electron chi connectivity index (χ0n) is 22.9. The molecule has 0 bridgehead atoms. The fourth-order valence-corrected chi connectivity index (χ4v) is 9.90. The maximum absolute atomic E-state index is 14.5. The van der Waals surface area contributed by atoms with E-state index in [4.69, 9.17) is 0 Å². The van der Waals surface area contributed by atoms with E-state index in [2.05, 4.69) is 31.2 Å². The number of rotatable bonds is 5. The van der Waals surface area contributed by atoms with Crippen molar-refractivity contribution in [3.63, 3.8) is 0 Å². The minimum absolute atomic E-state index is 0.0341. The average Bonchev–Trinajstić information content (AvgIpc) is 3.23. The summed E-state index contributed by atoms with van der Waals surface area (Å²) < 4.78 is -1.49. The molecule has 0 radical (unpaired) electrons. The third-order valence-electron chi connectivity index (χ3n) is 9.58. The van der Waals surface area contributed by atoms with E-state index in [0.717, 1.165) is 31.2 Å². The largest absolute Gasteiger partial charge is 0.394 e. The molecule has 5 aliphatic rings. The second kappa shape index (κ2) is 10.1. The number of nitrogens with zero attached hydrogens (tertiary/aromatic N) is 3. The van der Waals surface area contributed by atoms with Crippen LogP contribution in [-0.2, 0) is 20.9 Å². The second-order valence-corrected chi connectivity index (χ2v) is 13.9. The number of aliphatic hydroxyl groups excluding tert-OH is 1. The smallest absolute Gasteiger partial charge is 0.247 e. The highest BCUT2D eigenvalue weighted by molar-refractivity contribution is 8.02. The van der Waals surface area contributed by atoms with Gasteiger partial charge in [-0.25, -0.2) is 0 Å². The Morgan fingerprint density at radius 2 is 1.67 bits per heavy atom. The first kappa shape index (κ1) is 26.6. The molecule has 1 aromatic rings. The summed E-state index contributed by atoms with van der Waals surface area (Å²) in [6.45, 7) is 5.11. The Morgan fingerprint density at radius 3 is 2.38 bits per heavy atom. The van der Waals surface area contributed by atoms with Crippen LogP contribution >= 0.6 is 11.8 Å². The molecule has 3 amide bonds. The first-order chi connectivity index (χ1) is 18.8. The zero-order valence-corrected chi connectivity index (χ0v) is 23.7. The van der Waals surface area contributed by atoms with Crippen LogP contribution in [0.2, 0.25) is 0 Å². The van der Waals surface area contributed by atoms with Gasteiger partial charge in [-0.1, -0.05) is 73.9 Å². The van der Waals surface area contributed by atoms with Crippen molar-refractivity contribution in [3.05, 3.63) is 60.2 Å². The molecular formula is C31H39N3O4S. The minimum Gasteiger partial charge on any atom is -0.394 e. The van der Waals surface area contributed by atoms with Crippen molar-refractivity contribution in [2.45, 2.75) is 80.1 Å². The summed E-state index contributed by atoms with van der Waals surface area (Å²) in [7, 11) is 0. The number of carbonyl (C=O) groups is 3. The maximum atomic E-state index is 14.5. The van der Waals surface area contributed by atoms with Crippen LogP contribution in [0.25, 0.3) is 0 Å². The molecule has 1 aliphatic carbocycles. The van der Waals surface area contributed by atoms with E-state index in [1.807, 2.05) is 40.1 Å². The van der Waals surface area contributed by atoms with Crippen molar-refractivity contribution in [2.75, 3.05) is 19.7 Å². The number of thioether (sulfide) groups is 1. The molecule has 4 aliphatic heterocycles. The van der Waals surface area contributed by atoms with Gasteiger partial charge in [0.05, 0.1) is 29.2 Å². The summed E-state index contributed by atoms with van der Waals surface area (Å²) in [6, 6.07) is 8.84.